The first-order valence-corrected chi connectivity index (χ1v) is 9.62. The quantitative estimate of drug-likeness (QED) is 0.344. The van der Waals surface area contributed by atoms with E-state index in [1.165, 1.54) is 5.56 Å². The summed E-state index contributed by atoms with van der Waals surface area (Å²) in [6.45, 7) is 9.01. The molecule has 0 amide bonds. The Morgan fingerprint density at radius 2 is 1.93 bits per heavy atom. The molecule has 2 aromatic carbocycles. The summed E-state index contributed by atoms with van der Waals surface area (Å²) in [5.41, 5.74) is 2.20. The van der Waals surface area contributed by atoms with Crippen LogP contribution in [0.5, 0.6) is 11.5 Å². The molecule has 0 aliphatic carbocycles. The molecular weight excluding hydrogens is 356 g/mol. The maximum atomic E-state index is 5.74. The number of hydrogen-bond acceptors (Lipinski definition) is 3. The van der Waals surface area contributed by atoms with Gasteiger partial charge >= 0.3 is 0 Å². The Balaban J connectivity index is 1.69. The van der Waals surface area contributed by atoms with Crippen molar-refractivity contribution in [2.24, 2.45) is 0 Å². The lowest BCUT2D eigenvalue weighted by Crippen LogP contribution is -2.29. The number of thiocarbonyl (C=S) groups is 1. The molecule has 0 atom stereocenters. The van der Waals surface area contributed by atoms with E-state index in [0.29, 0.717) is 11.7 Å². The van der Waals surface area contributed by atoms with Gasteiger partial charge in [0.25, 0.3) is 0 Å². The van der Waals surface area contributed by atoms with E-state index < -0.39 is 0 Å². The molecule has 2 rings (SSSR count). The van der Waals surface area contributed by atoms with Gasteiger partial charge in [-0.05, 0) is 80.9 Å². The van der Waals surface area contributed by atoms with E-state index in [-0.39, 0.29) is 6.10 Å². The molecule has 144 valence electrons. The Labute approximate surface area is 167 Å². The minimum absolute atomic E-state index is 0.188. The number of hydrogen-bond donors (Lipinski definition) is 2. The van der Waals surface area contributed by atoms with Crippen molar-refractivity contribution < 1.29 is 9.47 Å². The first-order chi connectivity index (χ1) is 13.1. The van der Waals surface area contributed by atoms with Crippen molar-refractivity contribution in [1.82, 2.24) is 5.32 Å². The molecule has 2 aromatic rings. The first kappa shape index (κ1) is 20.8. The maximum absolute atomic E-state index is 5.74. The summed E-state index contributed by atoms with van der Waals surface area (Å²) >= 11 is 5.35. The number of anilines is 1. The molecule has 0 heterocycles. The summed E-state index contributed by atoms with van der Waals surface area (Å²) in [6, 6.07) is 15.9. The van der Waals surface area contributed by atoms with Crippen molar-refractivity contribution in [2.45, 2.75) is 32.8 Å². The van der Waals surface area contributed by atoms with Crippen LogP contribution in [-0.4, -0.2) is 24.4 Å². The Morgan fingerprint density at radius 3 is 2.63 bits per heavy atom. The van der Waals surface area contributed by atoms with Crippen LogP contribution in [0.15, 0.2) is 61.2 Å². The average Bonchev–Trinajstić information content (AvgIpc) is 2.64. The highest BCUT2D eigenvalue weighted by molar-refractivity contribution is 7.80. The van der Waals surface area contributed by atoms with Crippen molar-refractivity contribution in [1.29, 1.82) is 0 Å². The fourth-order valence-corrected chi connectivity index (χ4v) is 2.73. The predicted molar refractivity (Wildman–Crippen MR) is 117 cm³/mol. The number of nitrogens with one attached hydrogen (secondary N) is 2. The molecule has 5 heteroatoms. The number of ether oxygens (including phenoxy) is 2. The normalized spacial score (nSPS) is 10.3. The molecule has 0 fully saturated rings. The van der Waals surface area contributed by atoms with E-state index in [1.54, 1.807) is 6.08 Å². The minimum atomic E-state index is 0.188. The van der Waals surface area contributed by atoms with Crippen molar-refractivity contribution in [3.05, 3.63) is 66.7 Å². The van der Waals surface area contributed by atoms with Crippen LogP contribution in [0.1, 0.15) is 25.8 Å². The van der Waals surface area contributed by atoms with E-state index in [0.717, 1.165) is 36.6 Å². The third-order valence-corrected chi connectivity index (χ3v) is 3.92. The van der Waals surface area contributed by atoms with Crippen molar-refractivity contribution in [2.75, 3.05) is 18.5 Å². The van der Waals surface area contributed by atoms with Gasteiger partial charge in [0, 0.05) is 12.2 Å². The third-order valence-electron chi connectivity index (χ3n) is 3.68. The molecule has 0 aliphatic rings. The molecule has 27 heavy (non-hydrogen) atoms. The summed E-state index contributed by atoms with van der Waals surface area (Å²) in [6.07, 6.45) is 3.87. The van der Waals surface area contributed by atoms with Gasteiger partial charge in [-0.25, -0.2) is 0 Å². The van der Waals surface area contributed by atoms with Gasteiger partial charge in [0.2, 0.25) is 0 Å². The second kappa shape index (κ2) is 11.2. The minimum Gasteiger partial charge on any atom is -0.491 e. The second-order valence-corrected chi connectivity index (χ2v) is 6.83. The molecule has 0 radical (unpaired) electrons. The fourth-order valence-electron chi connectivity index (χ4n) is 2.51. The molecule has 0 bridgehead atoms. The molecule has 0 aromatic heterocycles. The smallest absolute Gasteiger partial charge is 0.170 e. The Bertz CT molecular complexity index is 729. The van der Waals surface area contributed by atoms with E-state index in [1.807, 2.05) is 50.2 Å². The molecule has 0 spiro atoms. The number of benzene rings is 2. The van der Waals surface area contributed by atoms with Gasteiger partial charge < -0.3 is 20.1 Å². The highest BCUT2D eigenvalue weighted by Crippen LogP contribution is 2.17. The standard InChI is InChI=1S/C22H28N2O2S/c1-4-15-25-20-12-10-19(11-13-20)24-22(27)23-14-6-8-18-7-5-9-21(16-18)26-17(2)3/h4-5,7,9-13,16-17H,1,6,8,14-15H2,2-3H3,(H2,23,24,27). The zero-order valence-corrected chi connectivity index (χ0v) is 16.9. The molecular formula is C22H28N2O2S. The largest absolute Gasteiger partial charge is 0.491 e. The van der Waals surface area contributed by atoms with E-state index in [9.17, 15) is 0 Å². The Hall–Kier alpha value is -2.53. The molecule has 0 aliphatic heterocycles. The Morgan fingerprint density at radius 1 is 1.15 bits per heavy atom. The lowest BCUT2D eigenvalue weighted by Gasteiger charge is -2.12. The Kier molecular flexibility index (Phi) is 8.65. The highest BCUT2D eigenvalue weighted by atomic mass is 32.1. The van der Waals surface area contributed by atoms with Crippen LogP contribution in [0.2, 0.25) is 0 Å². The molecule has 0 saturated carbocycles. The van der Waals surface area contributed by atoms with Crippen LogP contribution < -0.4 is 20.1 Å². The SMILES string of the molecule is C=CCOc1ccc(NC(=S)NCCCc2cccc(OC(C)C)c2)cc1. The molecule has 0 unspecified atom stereocenters. The van der Waals surface area contributed by atoms with Crippen LogP contribution in [0.4, 0.5) is 5.69 Å². The lowest BCUT2D eigenvalue weighted by atomic mass is 10.1. The molecule has 0 saturated heterocycles. The molecule has 4 nitrogen and oxygen atoms in total. The zero-order valence-electron chi connectivity index (χ0n) is 16.0. The van der Waals surface area contributed by atoms with Crippen molar-refractivity contribution in [3.8, 4) is 11.5 Å². The predicted octanol–water partition coefficient (Wildman–Crippen LogP) is 4.96. The van der Waals surface area contributed by atoms with Gasteiger partial charge in [-0.3, -0.25) is 0 Å². The van der Waals surface area contributed by atoms with Crippen LogP contribution in [0, 0.1) is 0 Å². The maximum Gasteiger partial charge on any atom is 0.170 e. The van der Waals surface area contributed by atoms with Gasteiger partial charge in [0.1, 0.15) is 18.1 Å². The summed E-state index contributed by atoms with van der Waals surface area (Å²) < 4.78 is 11.2. The number of aryl methyl sites for hydroxylation is 1. The van der Waals surface area contributed by atoms with Gasteiger partial charge in [-0.1, -0.05) is 24.8 Å². The first-order valence-electron chi connectivity index (χ1n) is 9.21. The van der Waals surface area contributed by atoms with Crippen molar-refractivity contribution >= 4 is 23.0 Å². The second-order valence-electron chi connectivity index (χ2n) is 6.42. The van der Waals surface area contributed by atoms with Gasteiger partial charge in [0.15, 0.2) is 5.11 Å². The summed E-state index contributed by atoms with van der Waals surface area (Å²) in [7, 11) is 0. The average molecular weight is 385 g/mol. The van der Waals surface area contributed by atoms with Gasteiger partial charge in [-0.2, -0.15) is 0 Å². The van der Waals surface area contributed by atoms with Crippen LogP contribution in [-0.2, 0) is 6.42 Å². The molecule has 2 N–H and O–H groups in total. The summed E-state index contributed by atoms with van der Waals surface area (Å²) in [4.78, 5) is 0. The van der Waals surface area contributed by atoms with Crippen LogP contribution in [0.3, 0.4) is 0 Å². The monoisotopic (exact) mass is 384 g/mol. The lowest BCUT2D eigenvalue weighted by molar-refractivity contribution is 0.242. The van der Waals surface area contributed by atoms with Crippen LogP contribution >= 0.6 is 12.2 Å². The topological polar surface area (TPSA) is 42.5 Å². The van der Waals surface area contributed by atoms with Crippen molar-refractivity contribution in [3.63, 3.8) is 0 Å². The summed E-state index contributed by atoms with van der Waals surface area (Å²) in [5, 5.41) is 7.04. The zero-order chi connectivity index (χ0) is 19.5. The van der Waals surface area contributed by atoms with Gasteiger partial charge in [0.05, 0.1) is 6.10 Å². The van der Waals surface area contributed by atoms with E-state index in [2.05, 4.69) is 29.3 Å². The van der Waals surface area contributed by atoms with E-state index >= 15 is 0 Å². The highest BCUT2D eigenvalue weighted by Gasteiger charge is 2.01. The van der Waals surface area contributed by atoms with Crippen LogP contribution in [0.25, 0.3) is 0 Å². The summed E-state index contributed by atoms with van der Waals surface area (Å²) in [5.74, 6) is 1.73. The fraction of sp³-hybridized carbons (Fsp3) is 0.318. The van der Waals surface area contributed by atoms with Gasteiger partial charge in [-0.15, -0.1) is 0 Å². The van der Waals surface area contributed by atoms with E-state index in [4.69, 9.17) is 21.7 Å². The number of rotatable bonds is 10. The third kappa shape index (κ3) is 8.13.